The third-order valence-corrected chi connectivity index (χ3v) is 4.47. The maximum atomic E-state index is 13.0. The topological polar surface area (TPSA) is 111 Å². The number of morpholine rings is 1. The highest BCUT2D eigenvalue weighted by atomic mass is 16.6. The van der Waals surface area contributed by atoms with Crippen LogP contribution in [-0.4, -0.2) is 43.1 Å². The molecule has 29 heavy (non-hydrogen) atoms. The van der Waals surface area contributed by atoms with Crippen LogP contribution in [0.3, 0.4) is 0 Å². The number of benzene rings is 2. The van der Waals surface area contributed by atoms with Gasteiger partial charge in [-0.25, -0.2) is 0 Å². The lowest BCUT2D eigenvalue weighted by molar-refractivity contribution is -0.167. The van der Waals surface area contributed by atoms with Gasteiger partial charge in [0, 0.05) is 30.5 Å². The van der Waals surface area contributed by atoms with Gasteiger partial charge >= 0.3 is 5.97 Å². The summed E-state index contributed by atoms with van der Waals surface area (Å²) < 4.78 is 10.7. The fourth-order valence-electron chi connectivity index (χ4n) is 3.02. The van der Waals surface area contributed by atoms with Gasteiger partial charge in [0.15, 0.2) is 6.10 Å². The molecule has 3 rings (SSSR count). The van der Waals surface area contributed by atoms with E-state index in [1.807, 2.05) is 31.2 Å². The second-order valence-corrected chi connectivity index (χ2v) is 6.76. The molecule has 0 aliphatic carbocycles. The van der Waals surface area contributed by atoms with Gasteiger partial charge in [0.25, 0.3) is 11.8 Å². The van der Waals surface area contributed by atoms with Crippen molar-refractivity contribution in [3.63, 3.8) is 0 Å². The first-order valence-corrected chi connectivity index (χ1v) is 9.18. The Hall–Kier alpha value is -3.39. The first kappa shape index (κ1) is 20.3. The number of nitrogens with zero attached hydrogens (tertiary/aromatic N) is 1. The number of hydrogen-bond donors (Lipinski definition) is 2. The number of nitrogens with one attached hydrogen (secondary N) is 1. The van der Waals surface area contributed by atoms with Crippen LogP contribution < -0.4 is 16.0 Å². The predicted octanol–water partition coefficient (Wildman–Crippen LogP) is 1.88. The average Bonchev–Trinajstić information content (AvgIpc) is 2.69. The third-order valence-electron chi connectivity index (χ3n) is 4.47. The van der Waals surface area contributed by atoms with Crippen LogP contribution in [0, 0.1) is 6.92 Å². The zero-order valence-electron chi connectivity index (χ0n) is 16.3. The van der Waals surface area contributed by atoms with E-state index in [0.717, 1.165) is 5.56 Å². The lowest BCUT2D eigenvalue weighted by Gasteiger charge is -2.35. The summed E-state index contributed by atoms with van der Waals surface area (Å²) in [5.41, 5.74) is 8.40. The summed E-state index contributed by atoms with van der Waals surface area (Å²) in [5.74, 6) is -1.79. The molecule has 1 heterocycles. The van der Waals surface area contributed by atoms with E-state index in [0.29, 0.717) is 23.6 Å². The average molecular weight is 397 g/mol. The van der Waals surface area contributed by atoms with Crippen molar-refractivity contribution in [2.24, 2.45) is 0 Å². The maximum absolute atomic E-state index is 13.0. The van der Waals surface area contributed by atoms with Crippen LogP contribution in [0.5, 0.6) is 0 Å². The number of ether oxygens (including phenoxy) is 2. The summed E-state index contributed by atoms with van der Waals surface area (Å²) >= 11 is 0. The number of nitrogen functional groups attached to an aromatic ring is 1. The van der Waals surface area contributed by atoms with Crippen LogP contribution in [0.1, 0.15) is 12.5 Å². The number of esters is 1. The third kappa shape index (κ3) is 4.91. The number of carbonyl (C=O) groups excluding carboxylic acids is 3. The number of carbonyl (C=O) groups is 3. The lowest BCUT2D eigenvalue weighted by atomic mass is 10.1. The lowest BCUT2D eigenvalue weighted by Crippen LogP contribution is -2.56. The van der Waals surface area contributed by atoms with Crippen LogP contribution in [0.15, 0.2) is 48.5 Å². The van der Waals surface area contributed by atoms with Crippen molar-refractivity contribution in [3.05, 3.63) is 54.1 Å². The minimum absolute atomic E-state index is 0.206. The molecule has 0 unspecified atom stereocenters. The summed E-state index contributed by atoms with van der Waals surface area (Å²) in [4.78, 5) is 39.0. The molecule has 0 aromatic heterocycles. The van der Waals surface area contributed by atoms with Gasteiger partial charge < -0.3 is 25.4 Å². The zero-order valence-corrected chi connectivity index (χ0v) is 16.3. The van der Waals surface area contributed by atoms with Crippen LogP contribution in [0.25, 0.3) is 0 Å². The number of anilines is 3. The highest BCUT2D eigenvalue weighted by Crippen LogP contribution is 2.23. The molecule has 0 radical (unpaired) electrons. The van der Waals surface area contributed by atoms with Gasteiger partial charge in [-0.05, 0) is 43.3 Å². The van der Waals surface area contributed by atoms with Gasteiger partial charge in [-0.15, -0.1) is 0 Å². The summed E-state index contributed by atoms with van der Waals surface area (Å²) in [6.45, 7) is 3.67. The Morgan fingerprint density at radius 2 is 1.83 bits per heavy atom. The molecule has 3 N–H and O–H groups in total. The minimum atomic E-state index is -1.43. The summed E-state index contributed by atoms with van der Waals surface area (Å²) in [7, 11) is 0. The molecule has 8 nitrogen and oxygen atoms in total. The van der Waals surface area contributed by atoms with Crippen molar-refractivity contribution in [1.82, 2.24) is 0 Å². The fraction of sp³-hybridized carbons (Fsp3) is 0.286. The van der Waals surface area contributed by atoms with Crippen molar-refractivity contribution in [1.29, 1.82) is 0 Å². The molecule has 1 aliphatic rings. The highest BCUT2D eigenvalue weighted by molar-refractivity contribution is 6.04. The van der Waals surface area contributed by atoms with Crippen LogP contribution in [0.2, 0.25) is 0 Å². The fourth-order valence-corrected chi connectivity index (χ4v) is 3.02. The molecule has 1 saturated heterocycles. The smallest absolute Gasteiger partial charge is 0.303 e. The van der Waals surface area contributed by atoms with E-state index in [1.165, 1.54) is 11.8 Å². The molecular weight excluding hydrogens is 374 g/mol. The molecule has 0 spiro atoms. The molecule has 2 atom stereocenters. The second-order valence-electron chi connectivity index (χ2n) is 6.76. The van der Waals surface area contributed by atoms with Crippen molar-refractivity contribution in [2.45, 2.75) is 26.1 Å². The molecule has 8 heteroatoms. The van der Waals surface area contributed by atoms with Crippen LogP contribution in [0.4, 0.5) is 17.1 Å². The van der Waals surface area contributed by atoms with Gasteiger partial charge in [0.1, 0.15) is 0 Å². The minimum Gasteiger partial charge on any atom is -0.449 e. The number of nitrogens with two attached hydrogens (primary N) is 1. The molecule has 0 saturated carbocycles. The largest absolute Gasteiger partial charge is 0.449 e. The monoisotopic (exact) mass is 397 g/mol. The second kappa shape index (κ2) is 8.74. The number of rotatable bonds is 5. The van der Waals surface area contributed by atoms with E-state index >= 15 is 0 Å². The molecule has 0 bridgehead atoms. The Kier molecular flexibility index (Phi) is 6.13. The van der Waals surface area contributed by atoms with Crippen molar-refractivity contribution < 1.29 is 23.9 Å². The molecule has 2 aromatic rings. The standard InChI is InChI=1S/C21H23N3O5/c1-13-3-9-17(10-4-13)24-11-12-28-19(21(24)27)18(29-14(2)25)20(26)23-16-7-5-15(22)6-8-16/h3-10,18-19H,11-12,22H2,1-2H3,(H,23,26)/t18-,19-/m1/s1. The maximum Gasteiger partial charge on any atom is 0.303 e. The number of aryl methyl sites for hydroxylation is 1. The first-order valence-electron chi connectivity index (χ1n) is 9.18. The van der Waals surface area contributed by atoms with E-state index in [9.17, 15) is 14.4 Å². The molecule has 1 aliphatic heterocycles. The van der Waals surface area contributed by atoms with E-state index in [2.05, 4.69) is 5.32 Å². The quantitative estimate of drug-likeness (QED) is 0.589. The molecular formula is C21H23N3O5. The summed E-state index contributed by atoms with van der Waals surface area (Å²) in [6.07, 6.45) is -2.67. The van der Waals surface area contributed by atoms with Crippen molar-refractivity contribution >= 4 is 34.8 Å². The first-order chi connectivity index (χ1) is 13.8. The van der Waals surface area contributed by atoms with Gasteiger partial charge in [-0.1, -0.05) is 17.7 Å². The Bertz CT molecular complexity index is 896. The Balaban J connectivity index is 1.81. The van der Waals surface area contributed by atoms with Gasteiger partial charge in [-0.3, -0.25) is 14.4 Å². The van der Waals surface area contributed by atoms with Crippen LogP contribution in [-0.2, 0) is 23.9 Å². The SMILES string of the molecule is CC(=O)O[C@@H](C(=O)Nc1ccc(N)cc1)[C@H]1OCCN(c2ccc(C)cc2)C1=O. The van der Waals surface area contributed by atoms with Crippen molar-refractivity contribution in [3.8, 4) is 0 Å². The number of amides is 2. The van der Waals surface area contributed by atoms with Crippen LogP contribution >= 0.6 is 0 Å². The normalized spacial score (nSPS) is 17.5. The van der Waals surface area contributed by atoms with E-state index in [-0.39, 0.29) is 6.61 Å². The molecule has 152 valence electrons. The van der Waals surface area contributed by atoms with Gasteiger partial charge in [0.2, 0.25) is 6.10 Å². The molecule has 2 amide bonds. The Morgan fingerprint density at radius 3 is 2.45 bits per heavy atom. The van der Waals surface area contributed by atoms with E-state index in [4.69, 9.17) is 15.2 Å². The molecule has 2 aromatic carbocycles. The summed E-state index contributed by atoms with van der Waals surface area (Å²) in [6, 6.07) is 13.9. The zero-order chi connectivity index (χ0) is 21.0. The number of hydrogen-bond acceptors (Lipinski definition) is 6. The summed E-state index contributed by atoms with van der Waals surface area (Å²) in [5, 5.41) is 2.63. The van der Waals surface area contributed by atoms with Gasteiger partial charge in [0.05, 0.1) is 6.61 Å². The van der Waals surface area contributed by atoms with E-state index in [1.54, 1.807) is 24.3 Å². The predicted molar refractivity (Wildman–Crippen MR) is 108 cm³/mol. The Labute approximate surface area is 168 Å². The van der Waals surface area contributed by atoms with Gasteiger partial charge in [-0.2, -0.15) is 0 Å². The van der Waals surface area contributed by atoms with Crippen molar-refractivity contribution in [2.75, 3.05) is 29.1 Å². The van der Waals surface area contributed by atoms with E-state index < -0.39 is 30.0 Å². The molecule has 1 fully saturated rings. The Morgan fingerprint density at radius 1 is 1.17 bits per heavy atom. The highest BCUT2D eigenvalue weighted by Gasteiger charge is 2.42.